The maximum Gasteiger partial charge on any atom is 0.268 e. The molecule has 0 radical (unpaired) electrons. The number of pyridine rings is 2. The van der Waals surface area contributed by atoms with Gasteiger partial charge in [-0.15, -0.1) is 0 Å². The zero-order valence-corrected chi connectivity index (χ0v) is 21.0. The molecule has 1 amide bonds. The molecule has 5 rings (SSSR count). The Balaban J connectivity index is 1.31. The number of nitriles is 1. The van der Waals surface area contributed by atoms with Crippen LogP contribution in [0.3, 0.4) is 0 Å². The number of hydrogen-bond donors (Lipinski definition) is 3. The maximum absolute atomic E-state index is 13.0. The standard InChI is InChI=1S/C26H24N6O5S/c27-13-19-12-21(16-31-25(19)29-14-17-6-9-36-10-7-17)38(34,35)32-26(33)22-3-1-2-4-23(22)37-20-11-18-5-8-28-24(18)30-15-20/h1-5,8,11-12,15-17H,6-7,9-10,14H2,(H,28,30)(H,29,31)(H,32,33). The molecular weight excluding hydrogens is 508 g/mol. The van der Waals surface area contributed by atoms with E-state index in [1.807, 2.05) is 16.9 Å². The first-order valence-electron chi connectivity index (χ1n) is 11.9. The van der Waals surface area contributed by atoms with Gasteiger partial charge in [0.25, 0.3) is 15.9 Å². The van der Waals surface area contributed by atoms with Gasteiger partial charge in [0.2, 0.25) is 0 Å². The molecule has 1 fully saturated rings. The van der Waals surface area contributed by atoms with Crippen LogP contribution in [0, 0.1) is 17.2 Å². The van der Waals surface area contributed by atoms with Crippen molar-refractivity contribution in [1.82, 2.24) is 19.7 Å². The van der Waals surface area contributed by atoms with Crippen molar-refractivity contribution in [2.75, 3.05) is 25.1 Å². The third-order valence-corrected chi connectivity index (χ3v) is 7.45. The number of nitrogens with one attached hydrogen (secondary N) is 3. The summed E-state index contributed by atoms with van der Waals surface area (Å²) in [5, 5.41) is 13.5. The fourth-order valence-corrected chi connectivity index (χ4v) is 5.03. The molecule has 3 N–H and O–H groups in total. The lowest BCUT2D eigenvalue weighted by molar-refractivity contribution is 0.0699. The monoisotopic (exact) mass is 532 g/mol. The Hall–Kier alpha value is -4.47. The molecular formula is C26H24N6O5S. The van der Waals surface area contributed by atoms with E-state index in [9.17, 15) is 18.5 Å². The van der Waals surface area contributed by atoms with Gasteiger partial charge in [-0.2, -0.15) is 5.26 Å². The van der Waals surface area contributed by atoms with E-state index in [2.05, 4.69) is 20.3 Å². The molecule has 1 aliphatic heterocycles. The number of hydrogen-bond acceptors (Lipinski definition) is 9. The van der Waals surface area contributed by atoms with E-state index in [0.29, 0.717) is 37.1 Å². The van der Waals surface area contributed by atoms with E-state index in [-0.39, 0.29) is 27.6 Å². The lowest BCUT2D eigenvalue weighted by Gasteiger charge is -2.22. The lowest BCUT2D eigenvalue weighted by atomic mass is 10.0. The summed E-state index contributed by atoms with van der Waals surface area (Å²) < 4.78 is 39.3. The molecule has 1 saturated heterocycles. The summed E-state index contributed by atoms with van der Waals surface area (Å²) in [7, 11) is -4.33. The van der Waals surface area contributed by atoms with Crippen LogP contribution >= 0.6 is 0 Å². The van der Waals surface area contributed by atoms with Gasteiger partial charge in [0.05, 0.1) is 17.3 Å². The lowest BCUT2D eigenvalue weighted by Crippen LogP contribution is -2.31. The number of ether oxygens (including phenoxy) is 2. The van der Waals surface area contributed by atoms with Gasteiger partial charge in [-0.1, -0.05) is 12.1 Å². The number of nitrogens with zero attached hydrogens (tertiary/aromatic N) is 3. The first kappa shape index (κ1) is 25.2. The first-order chi connectivity index (χ1) is 18.4. The summed E-state index contributed by atoms with van der Waals surface area (Å²) in [6.45, 7) is 1.97. The van der Waals surface area contributed by atoms with Gasteiger partial charge in [0.1, 0.15) is 33.9 Å². The van der Waals surface area contributed by atoms with Crippen LogP contribution in [0.4, 0.5) is 5.82 Å². The summed E-state index contributed by atoms with van der Waals surface area (Å²) in [4.78, 5) is 24.1. The number of amides is 1. The third-order valence-electron chi connectivity index (χ3n) is 6.15. The second-order valence-corrected chi connectivity index (χ2v) is 10.4. The van der Waals surface area contributed by atoms with Crippen LogP contribution in [0.25, 0.3) is 11.0 Å². The van der Waals surface area contributed by atoms with Gasteiger partial charge in [-0.25, -0.2) is 23.1 Å². The summed E-state index contributed by atoms with van der Waals surface area (Å²) >= 11 is 0. The van der Waals surface area contributed by atoms with E-state index < -0.39 is 15.9 Å². The van der Waals surface area contributed by atoms with Crippen LogP contribution in [0.2, 0.25) is 0 Å². The minimum atomic E-state index is -4.33. The van der Waals surface area contributed by atoms with Gasteiger partial charge in [0, 0.05) is 37.5 Å². The zero-order valence-electron chi connectivity index (χ0n) is 20.2. The van der Waals surface area contributed by atoms with Gasteiger partial charge in [-0.05, 0) is 49.1 Å². The molecule has 0 aliphatic carbocycles. The fourth-order valence-electron chi connectivity index (χ4n) is 4.09. The Labute approximate surface area is 218 Å². The van der Waals surface area contributed by atoms with Crippen molar-refractivity contribution in [3.05, 3.63) is 72.2 Å². The van der Waals surface area contributed by atoms with Crippen LogP contribution in [-0.2, 0) is 14.8 Å². The number of carbonyl (C=O) groups is 1. The highest BCUT2D eigenvalue weighted by Gasteiger charge is 2.23. The highest BCUT2D eigenvalue weighted by Crippen LogP contribution is 2.27. The average Bonchev–Trinajstić information content (AvgIpc) is 3.40. The highest BCUT2D eigenvalue weighted by atomic mass is 32.2. The molecule has 0 bridgehead atoms. The molecule has 194 valence electrons. The van der Waals surface area contributed by atoms with Gasteiger partial charge >= 0.3 is 0 Å². The molecule has 0 saturated carbocycles. The minimum absolute atomic E-state index is 0.00783. The van der Waals surface area contributed by atoms with Crippen molar-refractivity contribution in [3.8, 4) is 17.6 Å². The van der Waals surface area contributed by atoms with Crippen molar-refractivity contribution in [1.29, 1.82) is 5.26 Å². The quantitative estimate of drug-likeness (QED) is 0.308. The molecule has 1 aliphatic rings. The zero-order chi connectivity index (χ0) is 26.5. The summed E-state index contributed by atoms with van der Waals surface area (Å²) in [6, 6.07) is 13.0. The number of aromatic nitrogens is 3. The third kappa shape index (κ3) is 5.59. The van der Waals surface area contributed by atoms with Gasteiger partial charge in [0.15, 0.2) is 0 Å². The molecule has 38 heavy (non-hydrogen) atoms. The van der Waals surface area contributed by atoms with Crippen molar-refractivity contribution in [2.24, 2.45) is 5.92 Å². The van der Waals surface area contributed by atoms with E-state index in [0.717, 1.165) is 24.4 Å². The second kappa shape index (κ2) is 10.9. The number of sulfonamides is 1. The second-order valence-electron chi connectivity index (χ2n) is 8.74. The molecule has 11 nitrogen and oxygen atoms in total. The van der Waals surface area contributed by atoms with Crippen molar-refractivity contribution >= 4 is 32.8 Å². The van der Waals surface area contributed by atoms with E-state index in [1.54, 1.807) is 30.5 Å². The topological polar surface area (TPSA) is 159 Å². The van der Waals surface area contributed by atoms with Crippen LogP contribution in [0.1, 0.15) is 28.8 Å². The summed E-state index contributed by atoms with van der Waals surface area (Å²) in [5.41, 5.74) is 0.752. The van der Waals surface area contributed by atoms with Crippen molar-refractivity contribution in [3.63, 3.8) is 0 Å². The molecule has 0 atom stereocenters. The Morgan fingerprint density at radius 2 is 1.97 bits per heavy atom. The number of aromatic amines is 1. The molecule has 3 aromatic heterocycles. The molecule has 0 spiro atoms. The molecule has 0 unspecified atom stereocenters. The Kier molecular flexibility index (Phi) is 7.21. The Morgan fingerprint density at radius 3 is 2.79 bits per heavy atom. The fraction of sp³-hybridized carbons (Fsp3) is 0.231. The SMILES string of the molecule is N#Cc1cc(S(=O)(=O)NC(=O)c2ccccc2Oc2cnc3[nH]ccc3c2)cnc1NCC1CCOCC1. The van der Waals surface area contributed by atoms with E-state index >= 15 is 0 Å². The number of para-hydroxylation sites is 1. The van der Waals surface area contributed by atoms with Crippen molar-refractivity contribution < 1.29 is 22.7 Å². The molecule has 1 aromatic carbocycles. The minimum Gasteiger partial charge on any atom is -0.455 e. The average molecular weight is 533 g/mol. The Bertz CT molecular complexity index is 1620. The first-order valence-corrected chi connectivity index (χ1v) is 13.4. The van der Waals surface area contributed by atoms with Gasteiger partial charge < -0.3 is 19.8 Å². The van der Waals surface area contributed by atoms with Crippen molar-refractivity contribution in [2.45, 2.75) is 17.7 Å². The number of benzene rings is 1. The van der Waals surface area contributed by atoms with Crippen LogP contribution < -0.4 is 14.8 Å². The van der Waals surface area contributed by atoms with E-state index in [1.165, 1.54) is 18.3 Å². The molecule has 12 heteroatoms. The number of anilines is 1. The summed E-state index contributed by atoms with van der Waals surface area (Å²) in [6.07, 6.45) is 6.15. The number of H-pyrrole nitrogens is 1. The highest BCUT2D eigenvalue weighted by molar-refractivity contribution is 7.90. The number of carbonyl (C=O) groups excluding carboxylic acids is 1. The van der Waals surface area contributed by atoms with E-state index in [4.69, 9.17) is 9.47 Å². The van der Waals surface area contributed by atoms with Crippen LogP contribution in [-0.4, -0.2) is 49.0 Å². The molecule has 4 heterocycles. The number of rotatable bonds is 8. The predicted molar refractivity (Wildman–Crippen MR) is 138 cm³/mol. The largest absolute Gasteiger partial charge is 0.455 e. The predicted octanol–water partition coefficient (Wildman–Crippen LogP) is 3.58. The molecule has 4 aromatic rings. The number of fused-ring (bicyclic) bond motifs is 1. The summed E-state index contributed by atoms with van der Waals surface area (Å²) in [5.74, 6) is 0.308. The van der Waals surface area contributed by atoms with Crippen LogP contribution in [0.15, 0.2) is 66.0 Å². The van der Waals surface area contributed by atoms with Gasteiger partial charge in [-0.3, -0.25) is 4.79 Å². The smallest absolute Gasteiger partial charge is 0.268 e. The van der Waals surface area contributed by atoms with Crippen LogP contribution in [0.5, 0.6) is 11.5 Å². The Morgan fingerprint density at radius 1 is 1.16 bits per heavy atom. The normalized spacial score (nSPS) is 14.1. The maximum atomic E-state index is 13.0.